The molecule has 0 aliphatic heterocycles. The summed E-state index contributed by atoms with van der Waals surface area (Å²) < 4.78 is 5.35. The molecule has 0 aliphatic carbocycles. The third kappa shape index (κ3) is 2.10. The Balaban J connectivity index is 1.91. The summed E-state index contributed by atoms with van der Waals surface area (Å²) in [7, 11) is 0. The predicted octanol–water partition coefficient (Wildman–Crippen LogP) is 2.95. The molecule has 1 N–H and O–H groups in total. The number of nitrogens with one attached hydrogen (secondary N) is 1. The summed E-state index contributed by atoms with van der Waals surface area (Å²) in [6.45, 7) is 0. The Morgan fingerprint density at radius 1 is 1.30 bits per heavy atom. The molecule has 5 nitrogen and oxygen atoms in total. The molecule has 0 unspecified atom stereocenters. The Hall–Kier alpha value is -3.13. The van der Waals surface area contributed by atoms with E-state index in [1.165, 1.54) is 24.7 Å². The summed E-state index contributed by atoms with van der Waals surface area (Å²) in [6.07, 6.45) is 4.31. The monoisotopic (exact) mass is 263 g/mol. The standard InChI is InChI=1S/C15H9N3O2/c16-6-10-5-11(8-17-7-10)15(19)18-13-9-20-14-4-2-1-3-12(13)14/h1-5,7-9H,(H,18,19). The largest absolute Gasteiger partial charge is 0.462 e. The van der Waals surface area contributed by atoms with Gasteiger partial charge in [0.25, 0.3) is 5.91 Å². The summed E-state index contributed by atoms with van der Waals surface area (Å²) in [4.78, 5) is 16.0. The Morgan fingerprint density at radius 3 is 3.00 bits per heavy atom. The molecule has 1 amide bonds. The molecule has 20 heavy (non-hydrogen) atoms. The summed E-state index contributed by atoms with van der Waals surface area (Å²) in [5, 5.41) is 12.4. The number of amides is 1. The van der Waals surface area contributed by atoms with Crippen LogP contribution in [0.25, 0.3) is 11.0 Å². The topological polar surface area (TPSA) is 78.9 Å². The molecule has 2 aromatic heterocycles. The smallest absolute Gasteiger partial charge is 0.257 e. The summed E-state index contributed by atoms with van der Waals surface area (Å²) in [6, 6.07) is 10.8. The number of fused-ring (bicyclic) bond motifs is 1. The van der Waals surface area contributed by atoms with Crippen molar-refractivity contribution >= 4 is 22.6 Å². The number of hydrogen-bond donors (Lipinski definition) is 1. The Morgan fingerprint density at radius 2 is 2.15 bits per heavy atom. The number of furan rings is 1. The van der Waals surface area contributed by atoms with Gasteiger partial charge in [0.2, 0.25) is 0 Å². The van der Waals surface area contributed by atoms with Crippen LogP contribution in [0.1, 0.15) is 15.9 Å². The molecule has 0 aliphatic rings. The molecule has 96 valence electrons. The zero-order valence-corrected chi connectivity index (χ0v) is 10.3. The first-order chi connectivity index (χ1) is 9.78. The van der Waals surface area contributed by atoms with Crippen molar-refractivity contribution in [3.05, 3.63) is 60.1 Å². The molecule has 5 heteroatoms. The van der Waals surface area contributed by atoms with Crippen LogP contribution in [0.5, 0.6) is 0 Å². The number of carbonyl (C=O) groups is 1. The summed E-state index contributed by atoms with van der Waals surface area (Å²) in [5.41, 5.74) is 1.96. The van der Waals surface area contributed by atoms with Crippen molar-refractivity contribution in [2.75, 3.05) is 5.32 Å². The summed E-state index contributed by atoms with van der Waals surface area (Å²) >= 11 is 0. The minimum atomic E-state index is -0.332. The highest BCUT2D eigenvalue weighted by Gasteiger charge is 2.11. The number of pyridine rings is 1. The van der Waals surface area contributed by atoms with E-state index in [-0.39, 0.29) is 5.91 Å². The maximum absolute atomic E-state index is 12.1. The minimum absolute atomic E-state index is 0.328. The average molecular weight is 263 g/mol. The summed E-state index contributed by atoms with van der Waals surface area (Å²) in [5.74, 6) is -0.332. The SMILES string of the molecule is N#Cc1cncc(C(=O)Nc2coc3ccccc23)c1. The van der Waals surface area contributed by atoms with Crippen molar-refractivity contribution in [3.63, 3.8) is 0 Å². The number of aromatic nitrogens is 1. The molecule has 0 bridgehead atoms. The number of rotatable bonds is 2. The maximum Gasteiger partial charge on any atom is 0.257 e. The van der Waals surface area contributed by atoms with Crippen LogP contribution < -0.4 is 5.32 Å². The van der Waals surface area contributed by atoms with Crippen LogP contribution in [0.3, 0.4) is 0 Å². The highest BCUT2D eigenvalue weighted by Crippen LogP contribution is 2.25. The van der Waals surface area contributed by atoms with Gasteiger partial charge in [0.05, 0.1) is 16.8 Å². The lowest BCUT2D eigenvalue weighted by Gasteiger charge is -2.02. The van der Waals surface area contributed by atoms with Crippen LogP contribution in [0.4, 0.5) is 5.69 Å². The fourth-order valence-corrected chi connectivity index (χ4v) is 1.89. The van der Waals surface area contributed by atoms with Gasteiger partial charge in [-0.2, -0.15) is 5.26 Å². The fourth-order valence-electron chi connectivity index (χ4n) is 1.89. The second-order valence-corrected chi connectivity index (χ2v) is 4.17. The average Bonchev–Trinajstić information content (AvgIpc) is 2.90. The van der Waals surface area contributed by atoms with E-state index in [9.17, 15) is 4.79 Å². The van der Waals surface area contributed by atoms with Gasteiger partial charge in [-0.3, -0.25) is 9.78 Å². The first kappa shape index (κ1) is 11.9. The lowest BCUT2D eigenvalue weighted by molar-refractivity contribution is 0.102. The second kappa shape index (κ2) is 4.86. The van der Waals surface area contributed by atoms with Crippen molar-refractivity contribution in [2.24, 2.45) is 0 Å². The molecular formula is C15H9N3O2. The van der Waals surface area contributed by atoms with Gasteiger partial charge in [0.15, 0.2) is 0 Å². The van der Waals surface area contributed by atoms with Crippen LogP contribution in [-0.2, 0) is 0 Å². The van der Waals surface area contributed by atoms with Crippen LogP contribution in [0.15, 0.2) is 53.4 Å². The van der Waals surface area contributed by atoms with E-state index in [4.69, 9.17) is 9.68 Å². The molecular weight excluding hydrogens is 254 g/mol. The first-order valence-electron chi connectivity index (χ1n) is 5.90. The van der Waals surface area contributed by atoms with E-state index in [0.717, 1.165) is 5.39 Å². The molecule has 0 saturated heterocycles. The number of nitrogens with zero attached hydrogens (tertiary/aromatic N) is 2. The number of para-hydroxylation sites is 1. The molecule has 0 fully saturated rings. The predicted molar refractivity (Wildman–Crippen MR) is 73.1 cm³/mol. The quantitative estimate of drug-likeness (QED) is 0.770. The number of hydrogen-bond acceptors (Lipinski definition) is 4. The molecule has 3 aromatic rings. The lowest BCUT2D eigenvalue weighted by atomic mass is 10.2. The van der Waals surface area contributed by atoms with Crippen LogP contribution >= 0.6 is 0 Å². The number of nitriles is 1. The highest BCUT2D eigenvalue weighted by atomic mass is 16.3. The van der Waals surface area contributed by atoms with E-state index >= 15 is 0 Å². The van der Waals surface area contributed by atoms with Gasteiger partial charge in [-0.15, -0.1) is 0 Å². The van der Waals surface area contributed by atoms with Gasteiger partial charge >= 0.3 is 0 Å². The van der Waals surface area contributed by atoms with Gasteiger partial charge < -0.3 is 9.73 Å². The number of benzene rings is 1. The van der Waals surface area contributed by atoms with Crippen molar-refractivity contribution in [1.82, 2.24) is 4.98 Å². The fraction of sp³-hybridized carbons (Fsp3) is 0. The Kier molecular flexibility index (Phi) is 2.90. The zero-order chi connectivity index (χ0) is 13.9. The van der Waals surface area contributed by atoms with Crippen molar-refractivity contribution in [3.8, 4) is 6.07 Å². The van der Waals surface area contributed by atoms with Crippen molar-refractivity contribution < 1.29 is 9.21 Å². The molecule has 0 atom stereocenters. The third-order valence-electron chi connectivity index (χ3n) is 2.86. The molecule has 0 spiro atoms. The third-order valence-corrected chi connectivity index (χ3v) is 2.86. The van der Waals surface area contributed by atoms with Crippen LogP contribution in [0, 0.1) is 11.3 Å². The van der Waals surface area contributed by atoms with E-state index in [2.05, 4.69) is 10.3 Å². The highest BCUT2D eigenvalue weighted by molar-refractivity contribution is 6.08. The number of carbonyl (C=O) groups excluding carboxylic acids is 1. The van der Waals surface area contributed by atoms with Gasteiger partial charge in [0, 0.05) is 17.8 Å². The lowest BCUT2D eigenvalue weighted by Crippen LogP contribution is -2.12. The van der Waals surface area contributed by atoms with Crippen molar-refractivity contribution in [2.45, 2.75) is 0 Å². The van der Waals surface area contributed by atoms with Crippen molar-refractivity contribution in [1.29, 1.82) is 5.26 Å². The van der Waals surface area contributed by atoms with E-state index < -0.39 is 0 Å². The van der Waals surface area contributed by atoms with Gasteiger partial charge in [0.1, 0.15) is 17.9 Å². The van der Waals surface area contributed by atoms with Gasteiger partial charge in [-0.05, 0) is 18.2 Å². The Labute approximate surface area is 114 Å². The normalized spacial score (nSPS) is 10.2. The molecule has 0 radical (unpaired) electrons. The minimum Gasteiger partial charge on any atom is -0.462 e. The van der Waals surface area contributed by atoms with Crippen LogP contribution in [0.2, 0.25) is 0 Å². The van der Waals surface area contributed by atoms with E-state index in [1.54, 1.807) is 0 Å². The van der Waals surface area contributed by atoms with Gasteiger partial charge in [-0.25, -0.2) is 0 Å². The molecule has 1 aromatic carbocycles. The van der Waals surface area contributed by atoms with E-state index in [1.807, 2.05) is 30.3 Å². The molecule has 3 rings (SSSR count). The Bertz CT molecular complexity index is 830. The first-order valence-corrected chi connectivity index (χ1v) is 5.90. The van der Waals surface area contributed by atoms with Crippen LogP contribution in [-0.4, -0.2) is 10.9 Å². The second-order valence-electron chi connectivity index (χ2n) is 4.17. The molecule has 2 heterocycles. The zero-order valence-electron chi connectivity index (χ0n) is 10.3. The van der Waals surface area contributed by atoms with E-state index in [0.29, 0.717) is 22.4 Å². The molecule has 0 saturated carbocycles. The number of anilines is 1. The van der Waals surface area contributed by atoms with Gasteiger partial charge in [-0.1, -0.05) is 12.1 Å². The maximum atomic E-state index is 12.1.